The van der Waals surface area contributed by atoms with Crippen molar-refractivity contribution in [3.8, 4) is 5.75 Å². The molecular formula is C35H43ClN2O5S. The van der Waals surface area contributed by atoms with E-state index in [1.165, 1.54) is 11.1 Å². The Hall–Kier alpha value is -2.55. The topological polar surface area (TPSA) is 95.9 Å². The van der Waals surface area contributed by atoms with E-state index in [0.717, 1.165) is 62.2 Å². The van der Waals surface area contributed by atoms with Gasteiger partial charge in [-0.05, 0) is 110 Å². The second-order valence-electron chi connectivity index (χ2n) is 14.1. The highest BCUT2D eigenvalue weighted by Crippen LogP contribution is 2.47. The molecule has 1 amide bonds. The third-order valence-electron chi connectivity index (χ3n) is 11.0. The Labute approximate surface area is 266 Å². The smallest absolute Gasteiger partial charge is 0.264 e. The monoisotopic (exact) mass is 638 g/mol. The van der Waals surface area contributed by atoms with Gasteiger partial charge in [-0.1, -0.05) is 49.6 Å². The zero-order chi connectivity index (χ0) is 30.6. The Morgan fingerprint density at radius 2 is 1.98 bits per heavy atom. The zero-order valence-electron chi connectivity index (χ0n) is 25.4. The maximum absolute atomic E-state index is 13.7. The molecule has 5 aliphatic rings. The lowest BCUT2D eigenvalue weighted by molar-refractivity contribution is 0.0455. The lowest BCUT2D eigenvalue weighted by Crippen LogP contribution is -2.49. The number of allylic oxidation sites excluding steroid dienone is 1. The van der Waals surface area contributed by atoms with Crippen molar-refractivity contribution in [3.63, 3.8) is 0 Å². The van der Waals surface area contributed by atoms with Gasteiger partial charge in [0.05, 0.1) is 23.6 Å². The number of carbonyl (C=O) groups excluding carboxylic acids is 1. The van der Waals surface area contributed by atoms with Crippen LogP contribution in [0.25, 0.3) is 0 Å². The van der Waals surface area contributed by atoms with Crippen LogP contribution in [0, 0.1) is 23.7 Å². The number of ether oxygens (including phenoxy) is 1. The number of carbonyl (C=O) groups is 1. The van der Waals surface area contributed by atoms with E-state index >= 15 is 0 Å². The van der Waals surface area contributed by atoms with E-state index in [1.54, 1.807) is 12.1 Å². The number of amides is 1. The van der Waals surface area contributed by atoms with Crippen LogP contribution in [0.5, 0.6) is 5.75 Å². The molecule has 44 heavy (non-hydrogen) atoms. The maximum atomic E-state index is 13.7. The zero-order valence-corrected chi connectivity index (χ0v) is 27.0. The van der Waals surface area contributed by atoms with E-state index in [1.807, 2.05) is 31.2 Å². The molecule has 0 unspecified atom stereocenters. The van der Waals surface area contributed by atoms with Crippen molar-refractivity contribution in [1.29, 1.82) is 0 Å². The summed E-state index contributed by atoms with van der Waals surface area (Å²) in [5.74, 6) is 0.716. The lowest BCUT2D eigenvalue weighted by atomic mass is 9.68. The van der Waals surface area contributed by atoms with Crippen molar-refractivity contribution in [3.05, 3.63) is 70.3 Å². The molecule has 2 aromatic rings. The second-order valence-corrected chi connectivity index (χ2v) is 16.4. The van der Waals surface area contributed by atoms with Gasteiger partial charge in [0.15, 0.2) is 0 Å². The molecule has 3 aliphatic carbocycles. The first-order chi connectivity index (χ1) is 21.1. The van der Waals surface area contributed by atoms with E-state index < -0.39 is 27.3 Å². The first-order valence-electron chi connectivity index (χ1n) is 16.3. The van der Waals surface area contributed by atoms with E-state index in [2.05, 4.69) is 21.8 Å². The number of aryl methyl sites for hydroxylation is 1. The normalized spacial score (nSPS) is 34.0. The second kappa shape index (κ2) is 11.7. The van der Waals surface area contributed by atoms with Gasteiger partial charge in [-0.3, -0.25) is 4.79 Å². The van der Waals surface area contributed by atoms with E-state index in [9.17, 15) is 18.3 Å². The minimum absolute atomic E-state index is 0.132. The Kier molecular flexibility index (Phi) is 7.99. The highest BCUT2D eigenvalue weighted by Gasteiger charge is 2.44. The number of hydrogen-bond acceptors (Lipinski definition) is 6. The van der Waals surface area contributed by atoms with Gasteiger partial charge in [-0.25, -0.2) is 13.1 Å². The summed E-state index contributed by atoms with van der Waals surface area (Å²) in [4.78, 5) is 15.9. The summed E-state index contributed by atoms with van der Waals surface area (Å²) >= 11 is 6.41. The quantitative estimate of drug-likeness (QED) is 0.391. The van der Waals surface area contributed by atoms with Crippen LogP contribution < -0.4 is 14.4 Å². The average molecular weight is 639 g/mol. The van der Waals surface area contributed by atoms with E-state index in [-0.39, 0.29) is 23.2 Å². The van der Waals surface area contributed by atoms with Crippen molar-refractivity contribution in [1.82, 2.24) is 4.72 Å². The highest BCUT2D eigenvalue weighted by molar-refractivity contribution is 7.90. The Balaban J connectivity index is 1.28. The van der Waals surface area contributed by atoms with E-state index in [0.29, 0.717) is 43.2 Å². The van der Waals surface area contributed by atoms with Gasteiger partial charge < -0.3 is 14.7 Å². The molecule has 2 saturated carbocycles. The molecule has 2 aromatic carbocycles. The molecule has 1 spiro atoms. The van der Waals surface area contributed by atoms with Crippen molar-refractivity contribution >= 4 is 33.2 Å². The third kappa shape index (κ3) is 5.78. The number of rotatable bonds is 2. The predicted molar refractivity (Wildman–Crippen MR) is 173 cm³/mol. The largest absolute Gasteiger partial charge is 0.490 e. The molecule has 2 N–H and O–H groups in total. The van der Waals surface area contributed by atoms with Gasteiger partial charge in [-0.2, -0.15) is 0 Å². The number of halogens is 1. The maximum Gasteiger partial charge on any atom is 0.264 e. The van der Waals surface area contributed by atoms with E-state index in [4.69, 9.17) is 16.3 Å². The molecule has 2 aliphatic heterocycles. The molecule has 236 valence electrons. The number of aliphatic hydroxyl groups is 1. The number of fused-ring (bicyclic) bond motifs is 4. The molecule has 7 nitrogen and oxygen atoms in total. The number of benzene rings is 2. The summed E-state index contributed by atoms with van der Waals surface area (Å²) in [7, 11) is -3.93. The van der Waals surface area contributed by atoms with Crippen LogP contribution in [0.15, 0.2) is 48.6 Å². The standard InChI is InChI=1S/C35H43ClN2O5S/c1-22-4-2-6-31(39)28-12-9-26(28)19-38-20-35(15-3-5-24-17-27(36)11-13-29(24)35)21-43-32-14-10-25(18-30(32)38)34(40)37-44(41,42)33(22)16-23-7-8-23/h2,6,10-11,13-14,17-18,22-23,26,28,31,33,39H,3-5,7-9,12,15-16,19-21H2,1H3,(H,37,40)/b6-2-/t22-,26+,28-,31-,33+,35+/m1/s1. The average Bonchev–Trinajstić information content (AvgIpc) is 3.81. The molecule has 2 bridgehead atoms. The number of hydrogen-bond donors (Lipinski definition) is 2. The summed E-state index contributed by atoms with van der Waals surface area (Å²) in [5.41, 5.74) is 3.38. The van der Waals surface area contributed by atoms with Crippen LogP contribution >= 0.6 is 11.6 Å². The predicted octanol–water partition coefficient (Wildman–Crippen LogP) is 6.02. The number of sulfonamides is 1. The summed E-state index contributed by atoms with van der Waals surface area (Å²) in [5, 5.41) is 11.3. The van der Waals surface area contributed by atoms with Crippen LogP contribution in [0.4, 0.5) is 5.69 Å². The van der Waals surface area contributed by atoms with Gasteiger partial charge in [0.1, 0.15) is 5.75 Å². The molecule has 6 atom stereocenters. The minimum Gasteiger partial charge on any atom is -0.490 e. The van der Waals surface area contributed by atoms with Crippen molar-refractivity contribution in [2.75, 3.05) is 24.6 Å². The Morgan fingerprint density at radius 3 is 2.75 bits per heavy atom. The Bertz CT molecular complexity index is 1570. The van der Waals surface area contributed by atoms with Crippen LogP contribution in [0.2, 0.25) is 5.02 Å². The van der Waals surface area contributed by atoms with Crippen molar-refractivity contribution < 1.29 is 23.1 Å². The number of nitrogens with one attached hydrogen (secondary N) is 1. The summed E-state index contributed by atoms with van der Waals surface area (Å²) in [6.07, 6.45) is 11.4. The molecule has 2 heterocycles. The summed E-state index contributed by atoms with van der Waals surface area (Å²) in [6, 6.07) is 11.5. The highest BCUT2D eigenvalue weighted by atomic mass is 35.5. The van der Waals surface area contributed by atoms with Gasteiger partial charge in [-0.15, -0.1) is 0 Å². The molecule has 9 heteroatoms. The third-order valence-corrected chi connectivity index (χ3v) is 13.2. The van der Waals surface area contributed by atoms with Gasteiger partial charge in [0, 0.05) is 29.1 Å². The molecule has 0 radical (unpaired) electrons. The lowest BCUT2D eigenvalue weighted by Gasteiger charge is -2.45. The molecule has 0 aromatic heterocycles. The fourth-order valence-corrected chi connectivity index (χ4v) is 10.1. The van der Waals surface area contributed by atoms with Crippen LogP contribution in [0.1, 0.15) is 79.8 Å². The van der Waals surface area contributed by atoms with Crippen LogP contribution in [-0.2, 0) is 21.9 Å². The van der Waals surface area contributed by atoms with Gasteiger partial charge in [0.25, 0.3) is 5.91 Å². The van der Waals surface area contributed by atoms with Gasteiger partial charge >= 0.3 is 0 Å². The molecule has 0 saturated heterocycles. The first kappa shape index (κ1) is 30.1. The SMILES string of the molecule is C[C@@H]1C/C=C\[C@@H](O)[C@@H]2CC[C@H]2CN2C[C@@]3(CCCc4cc(Cl)ccc43)COc3ccc(cc32)C(=O)NS(=O)(=O)[C@H]1CC1CC1. The van der Waals surface area contributed by atoms with Crippen LogP contribution in [-0.4, -0.2) is 50.5 Å². The molecular weight excluding hydrogens is 596 g/mol. The Morgan fingerprint density at radius 1 is 1.14 bits per heavy atom. The van der Waals surface area contributed by atoms with Crippen molar-refractivity contribution in [2.45, 2.75) is 81.5 Å². The minimum atomic E-state index is -3.93. The van der Waals surface area contributed by atoms with Crippen molar-refractivity contribution in [2.24, 2.45) is 23.7 Å². The number of aliphatic hydroxyl groups excluding tert-OH is 1. The summed E-state index contributed by atoms with van der Waals surface area (Å²) < 4.78 is 36.4. The number of nitrogens with zero attached hydrogens (tertiary/aromatic N) is 1. The fraction of sp³-hybridized carbons (Fsp3) is 0.571. The fourth-order valence-electron chi connectivity index (χ4n) is 8.15. The van der Waals surface area contributed by atoms with Gasteiger partial charge in [0.2, 0.25) is 10.0 Å². The van der Waals surface area contributed by atoms with Crippen LogP contribution in [0.3, 0.4) is 0 Å². The number of anilines is 1. The molecule has 7 rings (SSSR count). The first-order valence-corrected chi connectivity index (χ1v) is 18.3. The molecule has 2 fully saturated rings. The summed E-state index contributed by atoms with van der Waals surface area (Å²) in [6.45, 7) is 3.87.